The number of halogens is 3. The van der Waals surface area contributed by atoms with E-state index in [-0.39, 0.29) is 5.56 Å². The Morgan fingerprint density at radius 1 is 0.750 bits per heavy atom. The standard InChI is InChI=1S/C29H29F3/c1-2-3-4-5-20-8-11-23(12-9-20)25-15-14-24-16-21(10-13-26(24)19-25)6-7-22-17-27(30)29(32)28(31)18-22/h10,13-20,23H,2-5,8-9,11-12H2,1H3. The summed E-state index contributed by atoms with van der Waals surface area (Å²) in [7, 11) is 0. The van der Waals surface area contributed by atoms with E-state index in [2.05, 4.69) is 37.0 Å². The molecule has 1 saturated carbocycles. The number of hydrogen-bond donors (Lipinski definition) is 0. The zero-order chi connectivity index (χ0) is 22.5. The van der Waals surface area contributed by atoms with Gasteiger partial charge in [0.05, 0.1) is 0 Å². The molecule has 1 fully saturated rings. The van der Waals surface area contributed by atoms with E-state index in [1.165, 1.54) is 62.3 Å². The van der Waals surface area contributed by atoms with Gasteiger partial charge in [0.1, 0.15) is 0 Å². The normalized spacial score (nSPS) is 18.4. The summed E-state index contributed by atoms with van der Waals surface area (Å²) in [5, 5.41) is 2.27. The van der Waals surface area contributed by atoms with Gasteiger partial charge in [-0.25, -0.2) is 13.2 Å². The van der Waals surface area contributed by atoms with Gasteiger partial charge in [0.2, 0.25) is 0 Å². The maximum Gasteiger partial charge on any atom is 0.194 e. The second kappa shape index (κ2) is 10.3. The summed E-state index contributed by atoms with van der Waals surface area (Å²) < 4.78 is 39.8. The molecular weight excluding hydrogens is 405 g/mol. The van der Waals surface area contributed by atoms with Crippen molar-refractivity contribution in [1.82, 2.24) is 0 Å². The second-order valence-electron chi connectivity index (χ2n) is 9.04. The molecule has 0 unspecified atom stereocenters. The van der Waals surface area contributed by atoms with E-state index in [9.17, 15) is 13.2 Å². The van der Waals surface area contributed by atoms with Gasteiger partial charge in [-0.2, -0.15) is 0 Å². The first-order valence-corrected chi connectivity index (χ1v) is 11.7. The molecular formula is C29H29F3. The smallest absolute Gasteiger partial charge is 0.194 e. The summed E-state index contributed by atoms with van der Waals surface area (Å²) in [4.78, 5) is 0. The molecule has 3 heteroatoms. The van der Waals surface area contributed by atoms with Crippen molar-refractivity contribution in [2.45, 2.75) is 64.2 Å². The van der Waals surface area contributed by atoms with Crippen LogP contribution in [0.4, 0.5) is 13.2 Å². The highest BCUT2D eigenvalue weighted by Gasteiger charge is 2.22. The topological polar surface area (TPSA) is 0 Å². The van der Waals surface area contributed by atoms with Crippen molar-refractivity contribution in [1.29, 1.82) is 0 Å². The molecule has 0 amide bonds. The van der Waals surface area contributed by atoms with Crippen LogP contribution in [-0.2, 0) is 0 Å². The number of benzene rings is 3. The van der Waals surface area contributed by atoms with Crippen LogP contribution in [0.2, 0.25) is 0 Å². The summed E-state index contributed by atoms with van der Waals surface area (Å²) >= 11 is 0. The van der Waals surface area contributed by atoms with E-state index in [0.29, 0.717) is 5.92 Å². The highest BCUT2D eigenvalue weighted by molar-refractivity contribution is 5.84. The zero-order valence-electron chi connectivity index (χ0n) is 18.6. The van der Waals surface area contributed by atoms with Crippen molar-refractivity contribution >= 4 is 10.8 Å². The van der Waals surface area contributed by atoms with Crippen molar-refractivity contribution in [2.75, 3.05) is 0 Å². The van der Waals surface area contributed by atoms with Gasteiger partial charge in [-0.1, -0.05) is 68.7 Å². The molecule has 0 spiro atoms. The van der Waals surface area contributed by atoms with Gasteiger partial charge < -0.3 is 0 Å². The predicted octanol–water partition coefficient (Wildman–Crippen LogP) is 8.51. The maximum atomic E-state index is 13.4. The maximum absolute atomic E-state index is 13.4. The van der Waals surface area contributed by atoms with Gasteiger partial charge in [0.25, 0.3) is 0 Å². The van der Waals surface area contributed by atoms with Gasteiger partial charge in [0.15, 0.2) is 17.5 Å². The lowest BCUT2D eigenvalue weighted by molar-refractivity contribution is 0.303. The molecule has 0 aliphatic heterocycles. The first-order chi connectivity index (χ1) is 15.5. The molecule has 166 valence electrons. The van der Waals surface area contributed by atoms with Gasteiger partial charge in [-0.15, -0.1) is 0 Å². The number of fused-ring (bicyclic) bond motifs is 1. The summed E-state index contributed by atoms with van der Waals surface area (Å²) in [5.74, 6) is 3.27. The molecule has 32 heavy (non-hydrogen) atoms. The summed E-state index contributed by atoms with van der Waals surface area (Å²) in [6.07, 6.45) is 10.6. The minimum absolute atomic E-state index is 0.113. The van der Waals surface area contributed by atoms with E-state index in [1.807, 2.05) is 18.2 Å². The summed E-state index contributed by atoms with van der Waals surface area (Å²) in [6.45, 7) is 2.26. The molecule has 4 rings (SSSR count). The molecule has 3 aromatic carbocycles. The molecule has 0 saturated heterocycles. The van der Waals surface area contributed by atoms with Crippen LogP contribution >= 0.6 is 0 Å². The Labute approximate surface area is 188 Å². The highest BCUT2D eigenvalue weighted by Crippen LogP contribution is 2.38. The first kappa shape index (κ1) is 22.5. The fourth-order valence-corrected chi connectivity index (χ4v) is 4.84. The molecule has 0 bridgehead atoms. The van der Waals surface area contributed by atoms with Crippen molar-refractivity contribution in [2.24, 2.45) is 5.92 Å². The fourth-order valence-electron chi connectivity index (χ4n) is 4.84. The molecule has 3 aromatic rings. The monoisotopic (exact) mass is 434 g/mol. The third-order valence-electron chi connectivity index (χ3n) is 6.73. The van der Waals surface area contributed by atoms with E-state index < -0.39 is 17.5 Å². The van der Waals surface area contributed by atoms with Crippen LogP contribution in [0.5, 0.6) is 0 Å². The van der Waals surface area contributed by atoms with E-state index in [0.717, 1.165) is 29.0 Å². The first-order valence-electron chi connectivity index (χ1n) is 11.7. The molecule has 0 radical (unpaired) electrons. The van der Waals surface area contributed by atoms with Crippen LogP contribution < -0.4 is 0 Å². The number of unbranched alkanes of at least 4 members (excludes halogenated alkanes) is 2. The molecule has 1 aliphatic rings. The minimum atomic E-state index is -1.47. The third kappa shape index (κ3) is 5.36. The Morgan fingerprint density at radius 3 is 2.12 bits per heavy atom. The molecule has 0 aromatic heterocycles. The van der Waals surface area contributed by atoms with Crippen LogP contribution in [0.15, 0.2) is 48.5 Å². The van der Waals surface area contributed by atoms with Crippen LogP contribution in [0.25, 0.3) is 10.8 Å². The van der Waals surface area contributed by atoms with Crippen molar-refractivity contribution < 1.29 is 13.2 Å². The quantitative estimate of drug-likeness (QED) is 0.214. The Kier molecular flexibility index (Phi) is 7.20. The molecule has 0 heterocycles. The number of rotatable bonds is 5. The van der Waals surface area contributed by atoms with Gasteiger partial charge in [0, 0.05) is 11.1 Å². The van der Waals surface area contributed by atoms with Crippen LogP contribution in [-0.4, -0.2) is 0 Å². The Balaban J connectivity index is 1.44. The SMILES string of the molecule is CCCCCC1CCC(c2ccc3cc(C#Cc4cc(F)c(F)c(F)c4)ccc3c2)CC1. The van der Waals surface area contributed by atoms with Gasteiger partial charge >= 0.3 is 0 Å². The largest absolute Gasteiger partial charge is 0.204 e. The highest BCUT2D eigenvalue weighted by atomic mass is 19.2. The lowest BCUT2D eigenvalue weighted by Gasteiger charge is -2.29. The molecule has 0 nitrogen and oxygen atoms in total. The Bertz CT molecular complexity index is 1120. The van der Waals surface area contributed by atoms with Gasteiger partial charge in [-0.05, 0) is 78.1 Å². The number of hydrogen-bond acceptors (Lipinski definition) is 0. The van der Waals surface area contributed by atoms with E-state index in [1.54, 1.807) is 0 Å². The predicted molar refractivity (Wildman–Crippen MR) is 125 cm³/mol. The van der Waals surface area contributed by atoms with Crippen molar-refractivity contribution in [3.8, 4) is 11.8 Å². The van der Waals surface area contributed by atoms with Crippen LogP contribution in [0.1, 0.15) is 80.9 Å². The fraction of sp³-hybridized carbons (Fsp3) is 0.379. The zero-order valence-corrected chi connectivity index (χ0v) is 18.6. The van der Waals surface area contributed by atoms with Crippen molar-refractivity contribution in [3.63, 3.8) is 0 Å². The lowest BCUT2D eigenvalue weighted by atomic mass is 9.77. The van der Waals surface area contributed by atoms with E-state index >= 15 is 0 Å². The molecule has 1 aliphatic carbocycles. The molecule has 0 atom stereocenters. The average molecular weight is 435 g/mol. The summed E-state index contributed by atoms with van der Waals surface area (Å²) in [5.41, 5.74) is 2.28. The second-order valence-corrected chi connectivity index (χ2v) is 9.04. The lowest BCUT2D eigenvalue weighted by Crippen LogP contribution is -2.13. The van der Waals surface area contributed by atoms with Crippen molar-refractivity contribution in [3.05, 3.63) is 82.7 Å². The minimum Gasteiger partial charge on any atom is -0.204 e. The molecule has 0 N–H and O–H groups in total. The average Bonchev–Trinajstić information content (AvgIpc) is 2.81. The van der Waals surface area contributed by atoms with Crippen LogP contribution in [0, 0.1) is 35.2 Å². The third-order valence-corrected chi connectivity index (χ3v) is 6.73. The Morgan fingerprint density at radius 2 is 1.41 bits per heavy atom. The summed E-state index contributed by atoms with van der Waals surface area (Å²) in [6, 6.07) is 14.4. The van der Waals surface area contributed by atoms with Crippen LogP contribution in [0.3, 0.4) is 0 Å². The van der Waals surface area contributed by atoms with Gasteiger partial charge in [-0.3, -0.25) is 0 Å². The Hall–Kier alpha value is -2.73. The van der Waals surface area contributed by atoms with E-state index in [4.69, 9.17) is 0 Å².